The lowest BCUT2D eigenvalue weighted by Gasteiger charge is -2.33. The summed E-state index contributed by atoms with van der Waals surface area (Å²) in [5.74, 6) is 0.805. The van der Waals surface area contributed by atoms with Crippen molar-refractivity contribution >= 4 is 11.7 Å². The van der Waals surface area contributed by atoms with Crippen molar-refractivity contribution in [3.63, 3.8) is 0 Å². The second-order valence-corrected chi connectivity index (χ2v) is 7.53. The molecule has 2 aromatic heterocycles. The number of piperidine rings is 1. The van der Waals surface area contributed by atoms with Crippen molar-refractivity contribution in [2.45, 2.75) is 39.3 Å². The molecule has 4 rings (SSSR count). The number of rotatable bonds is 5. The second-order valence-electron chi connectivity index (χ2n) is 7.53. The Labute approximate surface area is 170 Å². The number of aromatic nitrogens is 4. The minimum atomic E-state index is -0.0506. The first-order chi connectivity index (χ1) is 14.1. The summed E-state index contributed by atoms with van der Waals surface area (Å²) in [6.07, 6.45) is 3.64. The summed E-state index contributed by atoms with van der Waals surface area (Å²) in [6.45, 7) is 6.18. The summed E-state index contributed by atoms with van der Waals surface area (Å²) in [7, 11) is 0. The van der Waals surface area contributed by atoms with Gasteiger partial charge in [0.1, 0.15) is 0 Å². The van der Waals surface area contributed by atoms with E-state index >= 15 is 0 Å². The van der Waals surface area contributed by atoms with E-state index in [1.807, 2.05) is 48.9 Å². The van der Waals surface area contributed by atoms with Crippen molar-refractivity contribution in [1.82, 2.24) is 25.3 Å². The zero-order valence-corrected chi connectivity index (χ0v) is 16.9. The molecule has 1 aromatic carbocycles. The molecule has 0 aliphatic carbocycles. The number of aryl methyl sites for hydroxylation is 1. The van der Waals surface area contributed by atoms with Gasteiger partial charge in [-0.15, -0.1) is 5.10 Å². The van der Waals surface area contributed by atoms with E-state index in [1.165, 1.54) is 0 Å². The molecule has 0 radical (unpaired) electrons. The van der Waals surface area contributed by atoms with Crippen LogP contribution in [0.4, 0.5) is 5.82 Å². The molecule has 3 aromatic rings. The van der Waals surface area contributed by atoms with E-state index in [9.17, 15) is 4.79 Å². The van der Waals surface area contributed by atoms with Crippen LogP contribution in [0, 0.1) is 13.8 Å². The minimum absolute atomic E-state index is 0.0506. The normalized spacial score (nSPS) is 16.6. The average Bonchev–Trinajstić information content (AvgIpc) is 3.02. The first kappa shape index (κ1) is 19.1. The van der Waals surface area contributed by atoms with Gasteiger partial charge in [0.2, 0.25) is 0 Å². The summed E-state index contributed by atoms with van der Waals surface area (Å²) in [6, 6.07) is 14.1. The monoisotopic (exact) mass is 390 g/mol. The van der Waals surface area contributed by atoms with E-state index in [-0.39, 0.29) is 11.9 Å². The van der Waals surface area contributed by atoms with Gasteiger partial charge < -0.3 is 10.2 Å². The van der Waals surface area contributed by atoms with Gasteiger partial charge in [-0.2, -0.15) is 10.2 Å². The maximum Gasteiger partial charge on any atom is 0.255 e. The van der Waals surface area contributed by atoms with Gasteiger partial charge in [-0.1, -0.05) is 30.3 Å². The summed E-state index contributed by atoms with van der Waals surface area (Å²) in [5.41, 5.74) is 3.50. The van der Waals surface area contributed by atoms with E-state index < -0.39 is 0 Å². The number of hydrogen-bond acceptors (Lipinski definition) is 5. The Kier molecular flexibility index (Phi) is 5.55. The molecule has 1 fully saturated rings. The lowest BCUT2D eigenvalue weighted by molar-refractivity contribution is 0.0931. The van der Waals surface area contributed by atoms with Gasteiger partial charge in [-0.05, 0) is 44.4 Å². The molecule has 0 saturated carbocycles. The van der Waals surface area contributed by atoms with Crippen molar-refractivity contribution in [3.8, 4) is 0 Å². The molecule has 29 heavy (non-hydrogen) atoms. The van der Waals surface area contributed by atoms with Crippen molar-refractivity contribution in [2.75, 3.05) is 18.0 Å². The smallest absolute Gasteiger partial charge is 0.255 e. The number of carbonyl (C=O) groups is 1. The standard InChI is InChI=1S/C22H26N6O/c1-16-21(17(2)28(26-16)14-18-8-4-3-5-9-18)22(29)24-19-10-7-13-27(15-19)20-11-6-12-23-25-20/h3-6,8-9,11-12,19H,7,10,13-15H2,1-2H3,(H,24,29). The molecule has 0 spiro atoms. The molecule has 1 saturated heterocycles. The average molecular weight is 390 g/mol. The number of benzene rings is 1. The van der Waals surface area contributed by atoms with Crippen molar-refractivity contribution in [1.29, 1.82) is 0 Å². The fraction of sp³-hybridized carbons (Fsp3) is 0.364. The molecule has 3 heterocycles. The van der Waals surface area contributed by atoms with Crippen LogP contribution in [0.5, 0.6) is 0 Å². The highest BCUT2D eigenvalue weighted by molar-refractivity contribution is 5.96. The van der Waals surface area contributed by atoms with Gasteiger partial charge in [0.25, 0.3) is 5.91 Å². The van der Waals surface area contributed by atoms with Crippen LogP contribution in [0.25, 0.3) is 0 Å². The van der Waals surface area contributed by atoms with Crippen LogP contribution in [0.1, 0.15) is 40.2 Å². The summed E-state index contributed by atoms with van der Waals surface area (Å²) in [5, 5.41) is 16.0. The number of hydrogen-bond donors (Lipinski definition) is 1. The third-order valence-electron chi connectivity index (χ3n) is 5.42. The largest absolute Gasteiger partial charge is 0.353 e. The lowest BCUT2D eigenvalue weighted by atomic mass is 10.0. The number of amides is 1. The third-order valence-corrected chi connectivity index (χ3v) is 5.42. The number of anilines is 1. The lowest BCUT2D eigenvalue weighted by Crippen LogP contribution is -2.48. The predicted octanol–water partition coefficient (Wildman–Crippen LogP) is 2.74. The Morgan fingerprint density at radius 3 is 2.76 bits per heavy atom. The summed E-state index contributed by atoms with van der Waals surface area (Å²) in [4.78, 5) is 15.2. The van der Waals surface area contributed by atoms with Gasteiger partial charge >= 0.3 is 0 Å². The van der Waals surface area contributed by atoms with Crippen molar-refractivity contribution in [2.24, 2.45) is 0 Å². The maximum atomic E-state index is 13.1. The number of nitrogens with one attached hydrogen (secondary N) is 1. The zero-order valence-electron chi connectivity index (χ0n) is 16.9. The highest BCUT2D eigenvalue weighted by Crippen LogP contribution is 2.19. The van der Waals surface area contributed by atoms with Crippen LogP contribution in [0.3, 0.4) is 0 Å². The van der Waals surface area contributed by atoms with Crippen LogP contribution in [0.15, 0.2) is 48.7 Å². The molecule has 1 amide bonds. The Morgan fingerprint density at radius 2 is 2.00 bits per heavy atom. The topological polar surface area (TPSA) is 75.9 Å². The molecule has 7 nitrogen and oxygen atoms in total. The van der Waals surface area contributed by atoms with Crippen LogP contribution in [-0.2, 0) is 6.54 Å². The van der Waals surface area contributed by atoms with Crippen LogP contribution >= 0.6 is 0 Å². The van der Waals surface area contributed by atoms with E-state index in [0.29, 0.717) is 12.1 Å². The van der Waals surface area contributed by atoms with Gasteiger partial charge in [-0.3, -0.25) is 9.48 Å². The molecule has 1 aliphatic rings. The van der Waals surface area contributed by atoms with Crippen LogP contribution in [-0.4, -0.2) is 45.0 Å². The maximum absolute atomic E-state index is 13.1. The molecule has 1 atom stereocenters. The summed E-state index contributed by atoms with van der Waals surface area (Å²) >= 11 is 0. The Hall–Kier alpha value is -3.22. The fourth-order valence-corrected chi connectivity index (χ4v) is 3.96. The first-order valence-corrected chi connectivity index (χ1v) is 10.0. The highest BCUT2D eigenvalue weighted by atomic mass is 16.1. The van der Waals surface area contributed by atoms with Gasteiger partial charge in [0.05, 0.1) is 17.8 Å². The van der Waals surface area contributed by atoms with E-state index in [1.54, 1.807) is 6.20 Å². The van der Waals surface area contributed by atoms with E-state index in [4.69, 9.17) is 0 Å². The van der Waals surface area contributed by atoms with Gasteiger partial charge in [-0.25, -0.2) is 0 Å². The summed E-state index contributed by atoms with van der Waals surface area (Å²) < 4.78 is 1.91. The quantitative estimate of drug-likeness (QED) is 0.725. The van der Waals surface area contributed by atoms with Crippen LogP contribution in [0.2, 0.25) is 0 Å². The molecule has 1 unspecified atom stereocenters. The fourth-order valence-electron chi connectivity index (χ4n) is 3.96. The molecule has 7 heteroatoms. The van der Waals surface area contributed by atoms with E-state index in [0.717, 1.165) is 48.7 Å². The molecule has 0 bridgehead atoms. The molecular formula is C22H26N6O. The Bertz CT molecular complexity index is 970. The SMILES string of the molecule is Cc1nn(Cc2ccccc2)c(C)c1C(=O)NC1CCCN(c2cccnn2)C1. The number of nitrogens with zero attached hydrogens (tertiary/aromatic N) is 5. The minimum Gasteiger partial charge on any atom is -0.353 e. The second kappa shape index (κ2) is 8.43. The molecule has 150 valence electrons. The first-order valence-electron chi connectivity index (χ1n) is 10.0. The van der Waals surface area contributed by atoms with Crippen LogP contribution < -0.4 is 10.2 Å². The molecular weight excluding hydrogens is 364 g/mol. The Morgan fingerprint density at radius 1 is 1.17 bits per heavy atom. The van der Waals surface area contributed by atoms with Crippen molar-refractivity contribution in [3.05, 3.63) is 71.2 Å². The zero-order chi connectivity index (χ0) is 20.2. The van der Waals surface area contributed by atoms with Crippen molar-refractivity contribution < 1.29 is 4.79 Å². The van der Waals surface area contributed by atoms with Gasteiger partial charge in [0, 0.05) is 31.0 Å². The van der Waals surface area contributed by atoms with E-state index in [2.05, 4.69) is 37.6 Å². The predicted molar refractivity (Wildman–Crippen MR) is 112 cm³/mol. The Balaban J connectivity index is 1.46. The number of carbonyl (C=O) groups excluding carboxylic acids is 1. The third kappa shape index (κ3) is 4.29. The van der Waals surface area contributed by atoms with Gasteiger partial charge in [0.15, 0.2) is 5.82 Å². The highest BCUT2D eigenvalue weighted by Gasteiger charge is 2.25. The molecule has 1 aliphatic heterocycles. The molecule has 1 N–H and O–H groups in total.